The number of hydrogen-bond acceptors (Lipinski definition) is 4. The molecular weight excluding hydrogens is 244 g/mol. The van der Waals surface area contributed by atoms with Crippen molar-refractivity contribution in [2.45, 2.75) is 19.8 Å². The van der Waals surface area contributed by atoms with Crippen molar-refractivity contribution >= 4 is 5.91 Å². The molecule has 1 aliphatic rings. The molecule has 1 heterocycles. The first kappa shape index (κ1) is 13.7. The number of nitrogens with zero attached hydrogens (tertiary/aromatic N) is 1. The zero-order valence-electron chi connectivity index (χ0n) is 11.1. The standard InChI is InChI=1S/C14H20N2O3/c1-14(9-15)5-7-16(8-6-14)13(19)10-3-2-4-11(17)12(10)18/h2-4,17-18H,5-9,15H2,1H3. The third kappa shape index (κ3) is 2.66. The van der Waals surface area contributed by atoms with Gasteiger partial charge in [0.2, 0.25) is 0 Å². The van der Waals surface area contributed by atoms with Gasteiger partial charge >= 0.3 is 0 Å². The quantitative estimate of drug-likeness (QED) is 0.703. The Hall–Kier alpha value is -1.75. The number of phenols is 2. The van der Waals surface area contributed by atoms with Crippen LogP contribution < -0.4 is 5.73 Å². The second-order valence-corrected chi connectivity index (χ2v) is 5.48. The molecule has 0 unspecified atom stereocenters. The highest BCUT2D eigenvalue weighted by molar-refractivity contribution is 5.97. The Balaban J connectivity index is 2.12. The minimum Gasteiger partial charge on any atom is -0.504 e. The van der Waals surface area contributed by atoms with Gasteiger partial charge in [-0.1, -0.05) is 13.0 Å². The van der Waals surface area contributed by atoms with Crippen molar-refractivity contribution in [1.29, 1.82) is 0 Å². The number of amides is 1. The summed E-state index contributed by atoms with van der Waals surface area (Å²) in [5.74, 6) is -0.859. The van der Waals surface area contributed by atoms with E-state index >= 15 is 0 Å². The first-order valence-corrected chi connectivity index (χ1v) is 6.47. The molecule has 1 aliphatic heterocycles. The molecule has 2 rings (SSSR count). The van der Waals surface area contributed by atoms with Gasteiger partial charge in [0.15, 0.2) is 11.5 Å². The largest absolute Gasteiger partial charge is 0.504 e. The highest BCUT2D eigenvalue weighted by Crippen LogP contribution is 2.33. The van der Waals surface area contributed by atoms with Crippen LogP contribution >= 0.6 is 0 Å². The van der Waals surface area contributed by atoms with E-state index in [1.165, 1.54) is 12.1 Å². The predicted octanol–water partition coefficient (Wildman–Crippen LogP) is 1.30. The van der Waals surface area contributed by atoms with Gasteiger partial charge in [-0.05, 0) is 36.9 Å². The van der Waals surface area contributed by atoms with Crippen LogP contribution in [0.2, 0.25) is 0 Å². The molecule has 5 heteroatoms. The summed E-state index contributed by atoms with van der Waals surface area (Å²) in [4.78, 5) is 14.0. The summed E-state index contributed by atoms with van der Waals surface area (Å²) in [6, 6.07) is 4.43. The van der Waals surface area contributed by atoms with E-state index in [4.69, 9.17) is 5.73 Å². The Bertz CT molecular complexity index is 480. The van der Waals surface area contributed by atoms with E-state index in [9.17, 15) is 15.0 Å². The molecule has 1 amide bonds. The van der Waals surface area contributed by atoms with Crippen LogP contribution in [0.1, 0.15) is 30.1 Å². The zero-order chi connectivity index (χ0) is 14.0. The molecule has 4 N–H and O–H groups in total. The van der Waals surface area contributed by atoms with Gasteiger partial charge in [0.05, 0.1) is 5.56 Å². The topological polar surface area (TPSA) is 86.8 Å². The number of para-hydroxylation sites is 1. The minimum absolute atomic E-state index is 0.0949. The summed E-state index contributed by atoms with van der Waals surface area (Å²) < 4.78 is 0. The van der Waals surface area contributed by atoms with Gasteiger partial charge in [0.1, 0.15) is 0 Å². The molecule has 0 saturated carbocycles. The third-order valence-corrected chi connectivity index (χ3v) is 4.00. The molecule has 1 fully saturated rings. The van der Waals surface area contributed by atoms with Crippen molar-refractivity contribution in [2.24, 2.45) is 11.1 Å². The summed E-state index contributed by atoms with van der Waals surface area (Å²) >= 11 is 0. The maximum atomic E-state index is 12.3. The normalized spacial score (nSPS) is 18.3. The lowest BCUT2D eigenvalue weighted by Gasteiger charge is -2.38. The molecule has 0 atom stereocenters. The molecule has 1 aromatic carbocycles. The fourth-order valence-electron chi connectivity index (χ4n) is 2.33. The van der Waals surface area contributed by atoms with E-state index < -0.39 is 0 Å². The van der Waals surface area contributed by atoms with Crippen LogP contribution in [0.3, 0.4) is 0 Å². The lowest BCUT2D eigenvalue weighted by atomic mass is 9.80. The average Bonchev–Trinajstić information content (AvgIpc) is 2.42. The van der Waals surface area contributed by atoms with Gasteiger partial charge in [-0.2, -0.15) is 0 Å². The van der Waals surface area contributed by atoms with Crippen molar-refractivity contribution in [2.75, 3.05) is 19.6 Å². The second kappa shape index (κ2) is 5.09. The molecular formula is C14H20N2O3. The Morgan fingerprint density at radius 2 is 2.00 bits per heavy atom. The van der Waals surface area contributed by atoms with Crippen LogP contribution in [0.5, 0.6) is 11.5 Å². The van der Waals surface area contributed by atoms with Crippen LogP contribution in [-0.4, -0.2) is 40.7 Å². The molecule has 0 radical (unpaired) electrons. The monoisotopic (exact) mass is 264 g/mol. The number of rotatable bonds is 2. The molecule has 5 nitrogen and oxygen atoms in total. The van der Waals surface area contributed by atoms with Crippen LogP contribution in [0, 0.1) is 5.41 Å². The molecule has 0 spiro atoms. The maximum absolute atomic E-state index is 12.3. The van der Waals surface area contributed by atoms with Crippen LogP contribution in [0.15, 0.2) is 18.2 Å². The summed E-state index contributed by atoms with van der Waals surface area (Å²) in [5.41, 5.74) is 5.98. The zero-order valence-corrected chi connectivity index (χ0v) is 11.1. The van der Waals surface area contributed by atoms with E-state index in [0.29, 0.717) is 19.6 Å². The van der Waals surface area contributed by atoms with Gasteiger partial charge in [-0.15, -0.1) is 0 Å². The van der Waals surface area contributed by atoms with E-state index in [2.05, 4.69) is 6.92 Å². The molecule has 0 aromatic heterocycles. The Labute approximate surface area is 112 Å². The molecule has 1 saturated heterocycles. The SMILES string of the molecule is CC1(CN)CCN(C(=O)c2cccc(O)c2O)CC1. The Morgan fingerprint density at radius 3 is 2.58 bits per heavy atom. The van der Waals surface area contributed by atoms with E-state index in [1.807, 2.05) is 0 Å². The van der Waals surface area contributed by atoms with Crippen LogP contribution in [-0.2, 0) is 0 Å². The van der Waals surface area contributed by atoms with Crippen molar-refractivity contribution in [3.63, 3.8) is 0 Å². The van der Waals surface area contributed by atoms with Crippen molar-refractivity contribution in [3.8, 4) is 11.5 Å². The van der Waals surface area contributed by atoms with Crippen LogP contribution in [0.25, 0.3) is 0 Å². The lowest BCUT2D eigenvalue weighted by Crippen LogP contribution is -2.44. The van der Waals surface area contributed by atoms with Gasteiger partial charge in [0.25, 0.3) is 5.91 Å². The maximum Gasteiger partial charge on any atom is 0.257 e. The molecule has 0 aliphatic carbocycles. The van der Waals surface area contributed by atoms with Crippen molar-refractivity contribution < 1.29 is 15.0 Å². The summed E-state index contributed by atoms with van der Waals surface area (Å²) in [6.07, 6.45) is 1.71. The fraction of sp³-hybridized carbons (Fsp3) is 0.500. The van der Waals surface area contributed by atoms with E-state index in [-0.39, 0.29) is 28.4 Å². The number of hydrogen-bond donors (Lipinski definition) is 3. The molecule has 0 bridgehead atoms. The minimum atomic E-state index is -0.348. The number of phenolic OH excluding ortho intramolecular Hbond substituents is 2. The second-order valence-electron chi connectivity index (χ2n) is 5.48. The van der Waals surface area contributed by atoms with Gasteiger partial charge < -0.3 is 20.8 Å². The lowest BCUT2D eigenvalue weighted by molar-refractivity contribution is 0.0614. The number of benzene rings is 1. The van der Waals surface area contributed by atoms with Crippen LogP contribution in [0.4, 0.5) is 0 Å². The first-order valence-electron chi connectivity index (χ1n) is 6.47. The predicted molar refractivity (Wildman–Crippen MR) is 72.1 cm³/mol. The van der Waals surface area contributed by atoms with Gasteiger partial charge in [-0.25, -0.2) is 0 Å². The summed E-state index contributed by atoms with van der Waals surface area (Å²) in [5, 5.41) is 19.2. The highest BCUT2D eigenvalue weighted by atomic mass is 16.3. The highest BCUT2D eigenvalue weighted by Gasteiger charge is 2.31. The summed E-state index contributed by atoms with van der Waals surface area (Å²) in [7, 11) is 0. The van der Waals surface area contributed by atoms with Gasteiger partial charge in [-0.3, -0.25) is 4.79 Å². The number of likely N-dealkylation sites (tertiary alicyclic amines) is 1. The van der Waals surface area contributed by atoms with E-state index in [0.717, 1.165) is 12.8 Å². The van der Waals surface area contributed by atoms with Gasteiger partial charge in [0, 0.05) is 13.1 Å². The molecule has 104 valence electrons. The van der Waals surface area contributed by atoms with Crippen molar-refractivity contribution in [3.05, 3.63) is 23.8 Å². The fourth-order valence-corrected chi connectivity index (χ4v) is 2.33. The van der Waals surface area contributed by atoms with E-state index in [1.54, 1.807) is 11.0 Å². The van der Waals surface area contributed by atoms with Crippen molar-refractivity contribution in [1.82, 2.24) is 4.90 Å². The average molecular weight is 264 g/mol. The summed E-state index contributed by atoms with van der Waals surface area (Å²) in [6.45, 7) is 4.00. The number of piperidine rings is 1. The number of aromatic hydroxyl groups is 2. The Kier molecular flexibility index (Phi) is 3.66. The Morgan fingerprint density at radius 1 is 1.37 bits per heavy atom. The molecule has 1 aromatic rings. The smallest absolute Gasteiger partial charge is 0.257 e. The number of nitrogens with two attached hydrogens (primary N) is 1. The molecule has 19 heavy (non-hydrogen) atoms. The number of carbonyl (C=O) groups excluding carboxylic acids is 1. The third-order valence-electron chi connectivity index (χ3n) is 4.00. The first-order chi connectivity index (χ1) is 8.97. The number of carbonyl (C=O) groups is 1.